The summed E-state index contributed by atoms with van der Waals surface area (Å²) in [6, 6.07) is 5.93. The van der Waals surface area contributed by atoms with Gasteiger partial charge in [-0.3, -0.25) is 0 Å². The molecule has 3 heteroatoms. The molecule has 0 saturated carbocycles. The zero-order valence-electron chi connectivity index (χ0n) is 8.68. The lowest BCUT2D eigenvalue weighted by Gasteiger charge is -1.86. The van der Waals surface area contributed by atoms with Crippen molar-refractivity contribution in [1.82, 2.24) is 9.38 Å². The molecule has 0 atom stereocenters. The number of rotatable bonds is 2. The van der Waals surface area contributed by atoms with Gasteiger partial charge in [-0.05, 0) is 26.0 Å². The van der Waals surface area contributed by atoms with Gasteiger partial charge in [-0.25, -0.2) is 4.98 Å². The number of ether oxygens (including phenoxy) is 1. The van der Waals surface area contributed by atoms with E-state index in [0.717, 1.165) is 18.9 Å². The maximum atomic E-state index is 4.83. The van der Waals surface area contributed by atoms with Gasteiger partial charge in [0, 0.05) is 31.8 Å². The van der Waals surface area contributed by atoms with Crippen molar-refractivity contribution in [1.29, 1.82) is 0 Å². The van der Waals surface area contributed by atoms with Crippen molar-refractivity contribution < 1.29 is 4.74 Å². The summed E-state index contributed by atoms with van der Waals surface area (Å²) >= 11 is 0. The second-order valence-electron chi connectivity index (χ2n) is 2.67. The minimum atomic E-state index is 0.844. The van der Waals surface area contributed by atoms with E-state index in [-0.39, 0.29) is 0 Å². The highest BCUT2D eigenvalue weighted by Crippen LogP contribution is 1.96. The Labute approximate surface area is 84.3 Å². The molecule has 0 spiro atoms. The fourth-order valence-corrected chi connectivity index (χ4v) is 1.07. The lowest BCUT2D eigenvalue weighted by molar-refractivity contribution is 0.162. The van der Waals surface area contributed by atoms with E-state index in [1.807, 2.05) is 48.8 Å². The summed E-state index contributed by atoms with van der Waals surface area (Å²) < 4.78 is 6.81. The third-order valence-electron chi connectivity index (χ3n) is 1.71. The minimum absolute atomic E-state index is 0.844. The second-order valence-corrected chi connectivity index (χ2v) is 2.67. The van der Waals surface area contributed by atoms with Crippen LogP contribution in [0, 0.1) is 0 Å². The van der Waals surface area contributed by atoms with Gasteiger partial charge < -0.3 is 9.14 Å². The van der Waals surface area contributed by atoms with Gasteiger partial charge >= 0.3 is 0 Å². The molecule has 0 unspecified atom stereocenters. The van der Waals surface area contributed by atoms with E-state index < -0.39 is 0 Å². The van der Waals surface area contributed by atoms with Gasteiger partial charge in [0.2, 0.25) is 0 Å². The van der Waals surface area contributed by atoms with Crippen molar-refractivity contribution in [2.75, 3.05) is 13.2 Å². The molecule has 0 radical (unpaired) electrons. The molecule has 2 aromatic rings. The zero-order valence-corrected chi connectivity index (χ0v) is 8.68. The predicted molar refractivity (Wildman–Crippen MR) is 57.4 cm³/mol. The average Bonchev–Trinajstić information content (AvgIpc) is 2.67. The summed E-state index contributed by atoms with van der Waals surface area (Å²) in [6.07, 6.45) is 5.69. The van der Waals surface area contributed by atoms with E-state index in [1.54, 1.807) is 6.20 Å². The number of pyridine rings is 1. The number of nitrogens with zero attached hydrogens (tertiary/aromatic N) is 2. The minimum Gasteiger partial charge on any atom is -0.382 e. The highest BCUT2D eigenvalue weighted by atomic mass is 16.5. The van der Waals surface area contributed by atoms with Crippen LogP contribution in [-0.2, 0) is 4.74 Å². The van der Waals surface area contributed by atoms with E-state index in [2.05, 4.69) is 4.98 Å². The molecule has 2 rings (SSSR count). The Balaban J connectivity index is 0.000000171. The predicted octanol–water partition coefficient (Wildman–Crippen LogP) is 2.38. The van der Waals surface area contributed by atoms with Crippen LogP contribution in [0.1, 0.15) is 13.8 Å². The number of fused-ring (bicyclic) bond motifs is 1. The largest absolute Gasteiger partial charge is 0.382 e. The van der Waals surface area contributed by atoms with Crippen molar-refractivity contribution >= 4 is 5.65 Å². The smallest absolute Gasteiger partial charge is 0.136 e. The molecule has 2 heterocycles. The molecule has 76 valence electrons. The number of imidazole rings is 1. The third-order valence-corrected chi connectivity index (χ3v) is 1.71. The van der Waals surface area contributed by atoms with Crippen LogP contribution in [0.15, 0.2) is 36.8 Å². The van der Waals surface area contributed by atoms with Crippen LogP contribution < -0.4 is 0 Å². The van der Waals surface area contributed by atoms with Crippen LogP contribution in [0.3, 0.4) is 0 Å². The van der Waals surface area contributed by atoms with Crippen LogP contribution in [0.5, 0.6) is 0 Å². The Kier molecular flexibility index (Phi) is 4.72. The van der Waals surface area contributed by atoms with Gasteiger partial charge in [-0.1, -0.05) is 6.07 Å². The Morgan fingerprint density at radius 1 is 1.21 bits per heavy atom. The topological polar surface area (TPSA) is 26.5 Å². The first kappa shape index (κ1) is 10.7. The van der Waals surface area contributed by atoms with Crippen LogP contribution in [-0.4, -0.2) is 22.6 Å². The summed E-state index contributed by atoms with van der Waals surface area (Å²) in [5.74, 6) is 0. The Hall–Kier alpha value is -1.35. The van der Waals surface area contributed by atoms with E-state index in [4.69, 9.17) is 4.74 Å². The molecule has 0 aliphatic rings. The molecule has 2 aromatic heterocycles. The second kappa shape index (κ2) is 6.16. The van der Waals surface area contributed by atoms with Crippen molar-refractivity contribution in [2.24, 2.45) is 0 Å². The molecule has 14 heavy (non-hydrogen) atoms. The highest BCUT2D eigenvalue weighted by molar-refractivity contribution is 5.36. The molecule has 0 aliphatic heterocycles. The molecular weight excluding hydrogens is 176 g/mol. The van der Waals surface area contributed by atoms with Gasteiger partial charge in [0.05, 0.1) is 0 Å². The molecule has 0 bridgehead atoms. The van der Waals surface area contributed by atoms with Crippen molar-refractivity contribution in [2.45, 2.75) is 13.8 Å². The molecule has 0 amide bonds. The summed E-state index contributed by atoms with van der Waals surface area (Å²) in [4.78, 5) is 4.08. The Bertz CT molecular complexity index is 325. The maximum Gasteiger partial charge on any atom is 0.136 e. The van der Waals surface area contributed by atoms with Gasteiger partial charge in [-0.15, -0.1) is 0 Å². The third kappa shape index (κ3) is 3.18. The maximum absolute atomic E-state index is 4.83. The fraction of sp³-hybridized carbons (Fsp3) is 0.364. The first-order chi connectivity index (χ1) is 6.88. The molecule has 0 saturated heterocycles. The first-order valence-electron chi connectivity index (χ1n) is 4.84. The summed E-state index contributed by atoms with van der Waals surface area (Å²) in [6.45, 7) is 5.67. The Morgan fingerprint density at radius 2 is 2.00 bits per heavy atom. The van der Waals surface area contributed by atoms with E-state index in [0.29, 0.717) is 0 Å². The first-order valence-corrected chi connectivity index (χ1v) is 4.84. The SMILES string of the molecule is CCOCC.c1ccn2ccnc2c1. The normalized spacial score (nSPS) is 9.57. The van der Waals surface area contributed by atoms with Gasteiger partial charge in [-0.2, -0.15) is 0 Å². The van der Waals surface area contributed by atoms with Crippen molar-refractivity contribution in [3.05, 3.63) is 36.8 Å². The van der Waals surface area contributed by atoms with Crippen LogP contribution in [0.4, 0.5) is 0 Å². The van der Waals surface area contributed by atoms with Crippen LogP contribution >= 0.6 is 0 Å². The van der Waals surface area contributed by atoms with E-state index in [1.165, 1.54) is 0 Å². The molecule has 0 fully saturated rings. The van der Waals surface area contributed by atoms with Crippen LogP contribution in [0.25, 0.3) is 5.65 Å². The standard InChI is InChI=1S/C7H6N2.C4H10O/c1-2-5-9-6-4-8-7(9)3-1;1-3-5-4-2/h1-6H;3-4H2,1-2H3. The summed E-state index contributed by atoms with van der Waals surface area (Å²) in [5, 5.41) is 0. The fourth-order valence-electron chi connectivity index (χ4n) is 1.07. The molecule has 3 nitrogen and oxygen atoms in total. The van der Waals surface area contributed by atoms with E-state index in [9.17, 15) is 0 Å². The Morgan fingerprint density at radius 3 is 2.57 bits per heavy atom. The van der Waals surface area contributed by atoms with Gasteiger partial charge in [0.1, 0.15) is 5.65 Å². The quantitative estimate of drug-likeness (QED) is 0.730. The monoisotopic (exact) mass is 192 g/mol. The summed E-state index contributed by atoms with van der Waals surface area (Å²) in [5.41, 5.74) is 0.998. The van der Waals surface area contributed by atoms with Gasteiger partial charge in [0.15, 0.2) is 0 Å². The number of hydrogen-bond donors (Lipinski definition) is 0. The number of hydrogen-bond acceptors (Lipinski definition) is 2. The molecule has 0 N–H and O–H groups in total. The lowest BCUT2D eigenvalue weighted by Crippen LogP contribution is -1.84. The van der Waals surface area contributed by atoms with Crippen LogP contribution in [0.2, 0.25) is 0 Å². The summed E-state index contributed by atoms with van der Waals surface area (Å²) in [7, 11) is 0. The van der Waals surface area contributed by atoms with Crippen molar-refractivity contribution in [3.63, 3.8) is 0 Å². The highest BCUT2D eigenvalue weighted by Gasteiger charge is 1.85. The average molecular weight is 192 g/mol. The van der Waals surface area contributed by atoms with Crippen molar-refractivity contribution in [3.8, 4) is 0 Å². The van der Waals surface area contributed by atoms with E-state index >= 15 is 0 Å². The lowest BCUT2D eigenvalue weighted by atomic mass is 10.5. The zero-order chi connectivity index (χ0) is 10.2. The van der Waals surface area contributed by atoms with Gasteiger partial charge in [0.25, 0.3) is 0 Å². The number of aromatic nitrogens is 2. The molecule has 0 aliphatic carbocycles. The molecular formula is C11H16N2O. The molecule has 0 aromatic carbocycles.